The van der Waals surface area contributed by atoms with Crippen LogP contribution in [0.25, 0.3) is 0 Å². The SMILES string of the molecule is C=C(C)[C@@H]1CC=C(C)/C(=N/NS(=O)(=O)c2ccc(C)cc2)[C@H]1O. The zero-order valence-corrected chi connectivity index (χ0v) is 14.4. The topological polar surface area (TPSA) is 78.8 Å². The number of rotatable bonds is 4. The number of hydrazone groups is 1. The van der Waals surface area contributed by atoms with Gasteiger partial charge in [-0.3, -0.25) is 0 Å². The van der Waals surface area contributed by atoms with Crippen LogP contribution in [-0.4, -0.2) is 25.3 Å². The first-order chi connectivity index (χ1) is 10.7. The molecule has 0 unspecified atom stereocenters. The third kappa shape index (κ3) is 3.89. The number of nitrogens with zero attached hydrogens (tertiary/aromatic N) is 1. The van der Waals surface area contributed by atoms with E-state index in [2.05, 4.69) is 16.5 Å². The van der Waals surface area contributed by atoms with E-state index >= 15 is 0 Å². The normalized spacial score (nSPS) is 23.5. The van der Waals surface area contributed by atoms with Gasteiger partial charge < -0.3 is 5.11 Å². The first kappa shape index (κ1) is 17.4. The summed E-state index contributed by atoms with van der Waals surface area (Å²) in [6, 6.07) is 6.49. The maximum atomic E-state index is 12.3. The molecule has 2 rings (SSSR count). The smallest absolute Gasteiger partial charge is 0.276 e. The number of aliphatic hydroxyl groups is 1. The molecule has 1 aromatic carbocycles. The van der Waals surface area contributed by atoms with Gasteiger partial charge in [0, 0.05) is 5.92 Å². The van der Waals surface area contributed by atoms with Gasteiger partial charge in [0.25, 0.3) is 10.0 Å². The summed E-state index contributed by atoms with van der Waals surface area (Å²) in [5.74, 6) is -0.152. The monoisotopic (exact) mass is 334 g/mol. The Labute approximate surface area is 137 Å². The molecule has 0 bridgehead atoms. The number of hydrogen-bond donors (Lipinski definition) is 2. The summed E-state index contributed by atoms with van der Waals surface area (Å²) in [4.78, 5) is 2.35. The molecule has 0 spiro atoms. The number of aryl methyl sites for hydroxylation is 1. The highest BCUT2D eigenvalue weighted by molar-refractivity contribution is 7.89. The molecule has 0 heterocycles. The number of allylic oxidation sites excluding steroid dienone is 1. The Balaban J connectivity index is 2.27. The van der Waals surface area contributed by atoms with E-state index in [1.54, 1.807) is 19.1 Å². The lowest BCUT2D eigenvalue weighted by Crippen LogP contribution is -2.36. The lowest BCUT2D eigenvalue weighted by molar-refractivity contribution is 0.187. The molecule has 0 fully saturated rings. The highest BCUT2D eigenvalue weighted by Gasteiger charge is 2.29. The second-order valence-corrected chi connectivity index (χ2v) is 7.59. The first-order valence-corrected chi connectivity index (χ1v) is 8.87. The van der Waals surface area contributed by atoms with Crippen molar-refractivity contribution in [1.29, 1.82) is 0 Å². The van der Waals surface area contributed by atoms with E-state index in [1.165, 1.54) is 12.1 Å². The highest BCUT2D eigenvalue weighted by Crippen LogP contribution is 2.27. The molecule has 1 aliphatic carbocycles. The van der Waals surface area contributed by atoms with E-state index in [9.17, 15) is 13.5 Å². The molecule has 0 aromatic heterocycles. The maximum Gasteiger partial charge on any atom is 0.276 e. The van der Waals surface area contributed by atoms with Crippen LogP contribution in [0.3, 0.4) is 0 Å². The zero-order valence-electron chi connectivity index (χ0n) is 13.6. The minimum atomic E-state index is -3.76. The molecular weight excluding hydrogens is 312 g/mol. The van der Waals surface area contributed by atoms with Gasteiger partial charge in [0.15, 0.2) is 0 Å². The van der Waals surface area contributed by atoms with E-state index in [0.29, 0.717) is 12.1 Å². The molecule has 0 amide bonds. The van der Waals surface area contributed by atoms with Crippen LogP contribution < -0.4 is 4.83 Å². The van der Waals surface area contributed by atoms with Crippen LogP contribution in [0.1, 0.15) is 25.8 Å². The summed E-state index contributed by atoms with van der Waals surface area (Å²) in [5, 5.41) is 14.4. The Kier molecular flexibility index (Phi) is 5.06. The number of aliphatic hydroxyl groups excluding tert-OH is 1. The fraction of sp³-hybridized carbons (Fsp3) is 0.353. The van der Waals surface area contributed by atoms with Crippen molar-refractivity contribution in [2.24, 2.45) is 11.0 Å². The van der Waals surface area contributed by atoms with Crippen LogP contribution in [0.2, 0.25) is 0 Å². The average molecular weight is 334 g/mol. The second kappa shape index (κ2) is 6.68. The summed E-state index contributed by atoms with van der Waals surface area (Å²) >= 11 is 0. The molecule has 2 atom stereocenters. The van der Waals surface area contributed by atoms with Crippen molar-refractivity contribution < 1.29 is 13.5 Å². The number of hydrogen-bond acceptors (Lipinski definition) is 4. The van der Waals surface area contributed by atoms with Gasteiger partial charge in [0.05, 0.1) is 10.6 Å². The second-order valence-electron chi connectivity index (χ2n) is 5.93. The van der Waals surface area contributed by atoms with E-state index in [1.807, 2.05) is 19.9 Å². The highest BCUT2D eigenvalue weighted by atomic mass is 32.2. The molecule has 0 saturated heterocycles. The lowest BCUT2D eigenvalue weighted by atomic mass is 9.82. The van der Waals surface area contributed by atoms with E-state index in [-0.39, 0.29) is 10.8 Å². The van der Waals surface area contributed by atoms with Crippen LogP contribution in [0.5, 0.6) is 0 Å². The Hall–Kier alpha value is -1.92. The molecule has 1 aromatic rings. The van der Waals surface area contributed by atoms with Gasteiger partial charge >= 0.3 is 0 Å². The molecule has 0 radical (unpaired) electrons. The van der Waals surface area contributed by atoms with E-state index < -0.39 is 16.1 Å². The van der Waals surface area contributed by atoms with Crippen molar-refractivity contribution in [3.05, 3.63) is 53.6 Å². The zero-order chi connectivity index (χ0) is 17.2. The standard InChI is InChI=1S/C17H22N2O3S/c1-11(2)15-10-7-13(4)16(17(15)20)18-19-23(21,22)14-8-5-12(3)6-9-14/h5-9,15,17,19-20H,1,10H2,2-4H3/b18-16-/t15-,17-/m0/s1. The van der Waals surface area contributed by atoms with Crippen molar-refractivity contribution in [2.45, 2.75) is 38.2 Å². The van der Waals surface area contributed by atoms with Crippen molar-refractivity contribution in [2.75, 3.05) is 0 Å². The van der Waals surface area contributed by atoms with Crippen LogP contribution in [-0.2, 0) is 10.0 Å². The van der Waals surface area contributed by atoms with Crippen molar-refractivity contribution in [3.63, 3.8) is 0 Å². The predicted octanol–water partition coefficient (Wildman–Crippen LogP) is 2.53. The van der Waals surface area contributed by atoms with Gasteiger partial charge in [-0.05, 0) is 44.9 Å². The molecular formula is C17H22N2O3S. The molecule has 5 nitrogen and oxygen atoms in total. The first-order valence-electron chi connectivity index (χ1n) is 7.39. The Morgan fingerprint density at radius 2 is 1.91 bits per heavy atom. The molecule has 0 aliphatic heterocycles. The summed E-state index contributed by atoms with van der Waals surface area (Å²) in [5.41, 5.74) is 2.91. The minimum absolute atomic E-state index is 0.135. The molecule has 124 valence electrons. The summed E-state index contributed by atoms with van der Waals surface area (Å²) in [6.07, 6.45) is 1.75. The van der Waals surface area contributed by atoms with Gasteiger partial charge in [-0.25, -0.2) is 0 Å². The number of benzene rings is 1. The molecule has 6 heteroatoms. The number of nitrogens with one attached hydrogen (secondary N) is 1. The van der Waals surface area contributed by atoms with Gasteiger partial charge in [-0.15, -0.1) is 0 Å². The van der Waals surface area contributed by atoms with E-state index in [4.69, 9.17) is 0 Å². The largest absolute Gasteiger partial charge is 0.386 e. The predicted molar refractivity (Wildman–Crippen MR) is 91.6 cm³/mol. The van der Waals surface area contributed by atoms with Crippen molar-refractivity contribution >= 4 is 15.7 Å². The van der Waals surface area contributed by atoms with Crippen molar-refractivity contribution in [3.8, 4) is 0 Å². The third-order valence-corrected chi connectivity index (χ3v) is 5.22. The third-order valence-electron chi connectivity index (χ3n) is 3.99. The molecule has 2 N–H and O–H groups in total. The summed E-state index contributed by atoms with van der Waals surface area (Å²) in [7, 11) is -3.76. The van der Waals surface area contributed by atoms with Gasteiger partial charge in [-0.2, -0.15) is 18.4 Å². The molecule has 23 heavy (non-hydrogen) atoms. The quantitative estimate of drug-likeness (QED) is 0.656. The average Bonchev–Trinajstić information content (AvgIpc) is 2.47. The lowest BCUT2D eigenvalue weighted by Gasteiger charge is -2.28. The van der Waals surface area contributed by atoms with Crippen LogP contribution >= 0.6 is 0 Å². The fourth-order valence-corrected chi connectivity index (χ4v) is 3.28. The Morgan fingerprint density at radius 3 is 2.48 bits per heavy atom. The Bertz CT molecular complexity index is 762. The summed E-state index contributed by atoms with van der Waals surface area (Å²) < 4.78 is 24.6. The van der Waals surface area contributed by atoms with Crippen molar-refractivity contribution in [1.82, 2.24) is 4.83 Å². The number of sulfonamides is 1. The van der Waals surface area contributed by atoms with Crippen LogP contribution in [0.15, 0.2) is 58.1 Å². The van der Waals surface area contributed by atoms with Gasteiger partial charge in [-0.1, -0.05) is 35.9 Å². The van der Waals surface area contributed by atoms with Crippen LogP contribution in [0.4, 0.5) is 0 Å². The van der Waals surface area contributed by atoms with Crippen LogP contribution in [0, 0.1) is 12.8 Å². The van der Waals surface area contributed by atoms with E-state index in [0.717, 1.165) is 16.7 Å². The fourth-order valence-electron chi connectivity index (χ4n) is 2.47. The summed E-state index contributed by atoms with van der Waals surface area (Å²) in [6.45, 7) is 9.40. The minimum Gasteiger partial charge on any atom is -0.386 e. The molecule has 1 aliphatic rings. The van der Waals surface area contributed by atoms with Gasteiger partial charge in [0.1, 0.15) is 6.10 Å². The maximum absolute atomic E-state index is 12.3. The molecule has 0 saturated carbocycles. The van der Waals surface area contributed by atoms with Gasteiger partial charge in [0.2, 0.25) is 0 Å². The Morgan fingerprint density at radius 1 is 1.30 bits per heavy atom.